The second-order valence-corrected chi connectivity index (χ2v) is 16.8. The van der Waals surface area contributed by atoms with Crippen LogP contribution in [0.4, 0.5) is 26.3 Å². The van der Waals surface area contributed by atoms with Gasteiger partial charge < -0.3 is 14.9 Å². The van der Waals surface area contributed by atoms with Gasteiger partial charge in [-0.2, -0.15) is 26.3 Å². The molecule has 0 radical (unpaired) electrons. The summed E-state index contributed by atoms with van der Waals surface area (Å²) >= 11 is 0. The zero-order chi connectivity index (χ0) is 39.5. The third-order valence-electron chi connectivity index (χ3n) is 10.6. The van der Waals surface area contributed by atoms with Crippen LogP contribution in [0.3, 0.4) is 0 Å². The summed E-state index contributed by atoms with van der Waals surface area (Å²) < 4.78 is 84.3. The van der Waals surface area contributed by atoms with Crippen LogP contribution in [0.5, 0.6) is 11.5 Å². The van der Waals surface area contributed by atoms with Crippen LogP contribution in [0.2, 0.25) is 0 Å². The summed E-state index contributed by atoms with van der Waals surface area (Å²) in [5.74, 6) is 1.78. The van der Waals surface area contributed by atoms with Crippen molar-refractivity contribution in [2.45, 2.75) is 131 Å². The Morgan fingerprint density at radius 2 is 1.00 bits per heavy atom. The number of aliphatic hydroxyl groups is 1. The minimum atomic E-state index is -4.44. The van der Waals surface area contributed by atoms with E-state index in [0.29, 0.717) is 39.4 Å². The van der Waals surface area contributed by atoms with Crippen LogP contribution >= 0.6 is 0 Å². The summed E-state index contributed by atoms with van der Waals surface area (Å²) in [5, 5.41) is 18.5. The summed E-state index contributed by atoms with van der Waals surface area (Å²) in [7, 11) is 0. The molecule has 2 aromatic carbocycles. The summed E-state index contributed by atoms with van der Waals surface area (Å²) in [4.78, 5) is 8.20. The third kappa shape index (κ3) is 11.7. The van der Waals surface area contributed by atoms with Gasteiger partial charge in [-0.05, 0) is 136 Å². The van der Waals surface area contributed by atoms with Crippen molar-refractivity contribution in [3.05, 3.63) is 71.0 Å². The lowest BCUT2D eigenvalue weighted by Crippen LogP contribution is -2.30. The maximum atomic E-state index is 13.4. The Kier molecular flexibility index (Phi) is 13.1. The Balaban J connectivity index is 0.000000197. The van der Waals surface area contributed by atoms with Crippen molar-refractivity contribution < 1.29 is 41.3 Å². The van der Waals surface area contributed by atoms with E-state index in [1.54, 1.807) is 19.1 Å². The third-order valence-corrected chi connectivity index (χ3v) is 10.6. The van der Waals surface area contributed by atoms with E-state index in [1.165, 1.54) is 38.0 Å². The molecule has 4 aromatic rings. The number of aromatic hydroxyl groups is 1. The average Bonchev–Trinajstić information content (AvgIpc) is 3.04. The first-order valence-corrected chi connectivity index (χ1v) is 18.4. The highest BCUT2D eigenvalue weighted by Gasteiger charge is 2.35. The van der Waals surface area contributed by atoms with Crippen molar-refractivity contribution in [3.63, 3.8) is 0 Å². The molecule has 2 N–H and O–H groups in total. The number of benzene rings is 2. The summed E-state index contributed by atoms with van der Waals surface area (Å²) in [6.07, 6.45) is -0.260. The van der Waals surface area contributed by atoms with Crippen LogP contribution in [0, 0.1) is 36.5 Å². The number of hydrogen-bond acceptors (Lipinski definition) is 5. The molecule has 2 aromatic heterocycles. The number of ether oxygens (including phenoxy) is 1. The first-order valence-electron chi connectivity index (χ1n) is 18.4. The minimum Gasteiger partial charge on any atom is -0.508 e. The quantitative estimate of drug-likeness (QED) is 0.200. The molecule has 2 fully saturated rings. The predicted octanol–water partition coefficient (Wildman–Crippen LogP) is 12.4. The zero-order valence-electron chi connectivity index (χ0n) is 32.0. The van der Waals surface area contributed by atoms with Crippen LogP contribution < -0.4 is 4.74 Å². The molecule has 6 rings (SSSR count). The van der Waals surface area contributed by atoms with Gasteiger partial charge in [-0.25, -0.2) is 0 Å². The number of aromatic nitrogens is 2. The average molecular weight is 749 g/mol. The highest BCUT2D eigenvalue weighted by atomic mass is 19.4. The molecule has 0 unspecified atom stereocenters. The van der Waals surface area contributed by atoms with Crippen LogP contribution in [0.25, 0.3) is 21.8 Å². The van der Waals surface area contributed by atoms with E-state index in [1.807, 2.05) is 0 Å². The SMILES string of the molecule is CC(C)(C)C1CCC(O)CC1.Cc1cc(C(F)(F)F)c2cc(O)ccc2n1.Cc1cc(C(F)(F)F)c2cc(OC3CCC(C(C)(C)C)CC3)ccc2n1. The van der Waals surface area contributed by atoms with Gasteiger partial charge in [-0.3, -0.25) is 9.97 Å². The first-order chi connectivity index (χ1) is 24.4. The van der Waals surface area contributed by atoms with Gasteiger partial charge in [0.25, 0.3) is 0 Å². The molecule has 0 aliphatic heterocycles. The van der Waals surface area contributed by atoms with Crippen molar-refractivity contribution in [1.82, 2.24) is 9.97 Å². The fourth-order valence-electron chi connectivity index (χ4n) is 7.41. The second-order valence-electron chi connectivity index (χ2n) is 16.8. The fourth-order valence-corrected chi connectivity index (χ4v) is 7.41. The fraction of sp³-hybridized carbons (Fsp3) is 0.571. The smallest absolute Gasteiger partial charge is 0.417 e. The van der Waals surface area contributed by atoms with E-state index in [0.717, 1.165) is 62.6 Å². The van der Waals surface area contributed by atoms with Gasteiger partial charge in [0.2, 0.25) is 0 Å². The van der Waals surface area contributed by atoms with Gasteiger partial charge in [-0.1, -0.05) is 41.5 Å². The number of pyridine rings is 2. The molecular formula is C42H54F6N2O3. The molecular weight excluding hydrogens is 694 g/mol. The number of rotatable bonds is 2. The number of halogens is 6. The van der Waals surface area contributed by atoms with E-state index in [4.69, 9.17) is 4.74 Å². The van der Waals surface area contributed by atoms with Crippen LogP contribution in [0.1, 0.15) is 115 Å². The van der Waals surface area contributed by atoms with Crippen molar-refractivity contribution in [2.24, 2.45) is 22.7 Å². The number of fused-ring (bicyclic) bond motifs is 2. The van der Waals surface area contributed by atoms with E-state index >= 15 is 0 Å². The number of hydrogen-bond donors (Lipinski definition) is 2. The summed E-state index contributed by atoms with van der Waals surface area (Å²) in [6.45, 7) is 16.8. The van der Waals surface area contributed by atoms with Crippen molar-refractivity contribution in [3.8, 4) is 11.5 Å². The molecule has 0 spiro atoms. The molecule has 2 saturated carbocycles. The molecule has 0 bridgehead atoms. The molecule has 292 valence electrons. The van der Waals surface area contributed by atoms with E-state index in [-0.39, 0.29) is 34.2 Å². The Morgan fingerprint density at radius 3 is 1.43 bits per heavy atom. The first kappa shape index (κ1) is 42.1. The molecule has 2 aliphatic rings. The lowest BCUT2D eigenvalue weighted by atomic mass is 9.72. The highest BCUT2D eigenvalue weighted by Crippen LogP contribution is 2.41. The Hall–Kier alpha value is -3.60. The molecule has 2 aliphatic carbocycles. The van der Waals surface area contributed by atoms with E-state index < -0.39 is 23.5 Å². The molecule has 2 heterocycles. The van der Waals surface area contributed by atoms with Gasteiger partial charge in [0.05, 0.1) is 34.4 Å². The van der Waals surface area contributed by atoms with Gasteiger partial charge in [0.1, 0.15) is 11.5 Å². The maximum Gasteiger partial charge on any atom is 0.417 e. The molecule has 0 amide bonds. The van der Waals surface area contributed by atoms with Crippen LogP contribution in [-0.2, 0) is 12.4 Å². The van der Waals surface area contributed by atoms with Gasteiger partial charge in [0.15, 0.2) is 0 Å². The minimum absolute atomic E-state index is 0.00593. The van der Waals surface area contributed by atoms with Crippen molar-refractivity contribution in [1.29, 1.82) is 0 Å². The monoisotopic (exact) mass is 748 g/mol. The number of aryl methyl sites for hydroxylation is 2. The standard InChI is InChI=1S/C21H26F3NO.C11H8F3NO.C10H20O/c1-13-11-18(21(22,23)24)17-12-16(9-10-19(17)25-13)26-15-7-5-14(6-8-15)20(2,3)4;1-6-4-9(11(12,13)14)8-5-7(16)2-3-10(8)15-6;1-10(2,3)8-4-6-9(11)7-5-8/h9-12,14-15H,5-8H2,1-4H3;2-5,16H,1H3;8-9,11H,4-7H2,1-3H3. The topological polar surface area (TPSA) is 75.5 Å². The summed E-state index contributed by atoms with van der Waals surface area (Å²) in [5.41, 5.74) is 0.544. The molecule has 5 nitrogen and oxygen atoms in total. The lowest BCUT2D eigenvalue weighted by molar-refractivity contribution is -0.137. The molecule has 11 heteroatoms. The summed E-state index contributed by atoms with van der Waals surface area (Å²) in [6, 6.07) is 10.7. The Morgan fingerprint density at radius 1 is 0.585 bits per heavy atom. The van der Waals surface area contributed by atoms with Crippen LogP contribution in [-0.4, -0.2) is 32.4 Å². The zero-order valence-corrected chi connectivity index (χ0v) is 32.0. The molecule has 0 saturated heterocycles. The lowest BCUT2D eigenvalue weighted by Gasteiger charge is -2.37. The van der Waals surface area contributed by atoms with Gasteiger partial charge >= 0.3 is 12.4 Å². The van der Waals surface area contributed by atoms with Crippen molar-refractivity contribution >= 4 is 21.8 Å². The highest BCUT2D eigenvalue weighted by molar-refractivity contribution is 5.85. The maximum absolute atomic E-state index is 13.4. The van der Waals surface area contributed by atoms with E-state index in [2.05, 4.69) is 51.5 Å². The molecule has 53 heavy (non-hydrogen) atoms. The number of aliphatic hydroxyl groups excluding tert-OH is 1. The van der Waals surface area contributed by atoms with Crippen molar-refractivity contribution in [2.75, 3.05) is 0 Å². The number of phenols is 1. The second kappa shape index (κ2) is 16.4. The number of alkyl halides is 6. The molecule has 0 atom stereocenters. The number of nitrogens with zero attached hydrogens (tertiary/aromatic N) is 2. The number of phenolic OH excluding ortho intramolecular Hbond substituents is 1. The van der Waals surface area contributed by atoms with Gasteiger partial charge in [-0.15, -0.1) is 0 Å². The van der Waals surface area contributed by atoms with Gasteiger partial charge in [0, 0.05) is 22.2 Å². The largest absolute Gasteiger partial charge is 0.508 e. The normalized spacial score (nSPS) is 21.3. The predicted molar refractivity (Wildman–Crippen MR) is 198 cm³/mol. The Labute approximate surface area is 309 Å². The Bertz CT molecular complexity index is 1830. The van der Waals surface area contributed by atoms with Crippen LogP contribution in [0.15, 0.2) is 48.5 Å². The van der Waals surface area contributed by atoms with E-state index in [9.17, 15) is 36.6 Å².